The summed E-state index contributed by atoms with van der Waals surface area (Å²) in [7, 11) is 0. The van der Waals surface area contributed by atoms with Crippen LogP contribution in [0.2, 0.25) is 5.02 Å². The molecular weight excluding hydrogens is 386 g/mol. The van der Waals surface area contributed by atoms with E-state index in [0.29, 0.717) is 42.8 Å². The Morgan fingerprint density at radius 1 is 0.931 bits per heavy atom. The Bertz CT molecular complexity index is 884. The number of benzene rings is 3. The molecule has 2 N–H and O–H groups in total. The second-order valence-electron chi connectivity index (χ2n) is 6.65. The lowest BCUT2D eigenvalue weighted by Gasteiger charge is -2.17. The topological polar surface area (TPSA) is 50.7 Å². The van der Waals surface area contributed by atoms with Crippen LogP contribution < -0.4 is 14.8 Å². The fraction of sp³-hybridized carbons (Fsp3) is 0.250. The van der Waals surface area contributed by atoms with Gasteiger partial charge < -0.3 is 19.9 Å². The third-order valence-electron chi connectivity index (χ3n) is 4.49. The summed E-state index contributed by atoms with van der Waals surface area (Å²) in [4.78, 5) is 0. The normalized spacial score (nSPS) is 11.8. The van der Waals surface area contributed by atoms with Crippen LogP contribution in [0.25, 0.3) is 0 Å². The molecule has 0 amide bonds. The average molecular weight is 412 g/mol. The van der Waals surface area contributed by atoms with Crippen molar-refractivity contribution in [1.29, 1.82) is 0 Å². The van der Waals surface area contributed by atoms with Crippen molar-refractivity contribution in [3.63, 3.8) is 0 Å². The van der Waals surface area contributed by atoms with Crippen molar-refractivity contribution in [3.05, 3.63) is 94.5 Å². The van der Waals surface area contributed by atoms with Crippen molar-refractivity contribution in [3.8, 4) is 11.5 Å². The summed E-state index contributed by atoms with van der Waals surface area (Å²) in [5, 5.41) is 14.4. The molecule has 0 aliphatic carbocycles. The van der Waals surface area contributed by atoms with Crippen LogP contribution in [-0.2, 0) is 13.2 Å². The number of nitrogens with one attached hydrogen (secondary N) is 1. The highest BCUT2D eigenvalue weighted by Crippen LogP contribution is 2.32. The Hall–Kier alpha value is -2.53. The summed E-state index contributed by atoms with van der Waals surface area (Å²) >= 11 is 5.96. The molecule has 3 aromatic rings. The zero-order valence-corrected chi connectivity index (χ0v) is 17.2. The van der Waals surface area contributed by atoms with Gasteiger partial charge in [0, 0.05) is 23.7 Å². The van der Waals surface area contributed by atoms with Crippen LogP contribution in [-0.4, -0.2) is 18.3 Å². The van der Waals surface area contributed by atoms with Crippen LogP contribution in [0.15, 0.2) is 72.8 Å². The highest BCUT2D eigenvalue weighted by molar-refractivity contribution is 6.30. The van der Waals surface area contributed by atoms with E-state index in [1.165, 1.54) is 0 Å². The van der Waals surface area contributed by atoms with Gasteiger partial charge in [-0.3, -0.25) is 0 Å². The zero-order chi connectivity index (χ0) is 20.5. The summed E-state index contributed by atoms with van der Waals surface area (Å²) < 4.78 is 11.9. The predicted octanol–water partition coefficient (Wildman–Crippen LogP) is 5.14. The molecule has 4 nitrogen and oxygen atoms in total. The van der Waals surface area contributed by atoms with Crippen molar-refractivity contribution in [2.75, 3.05) is 13.2 Å². The highest BCUT2D eigenvalue weighted by atomic mass is 35.5. The lowest BCUT2D eigenvalue weighted by molar-refractivity contribution is 0.174. The standard InChI is InChI=1S/C24H26ClNO3/c1-2-28-23-10-6-9-20(15-26-16-22(27)19-7-4-3-5-8-19)24(23)29-17-18-11-13-21(25)14-12-18/h3-14,22,26-27H,2,15-17H2,1H3. The molecule has 0 saturated heterocycles. The van der Waals surface area contributed by atoms with Crippen molar-refractivity contribution in [2.24, 2.45) is 0 Å². The van der Waals surface area contributed by atoms with Crippen LogP contribution in [0.4, 0.5) is 0 Å². The van der Waals surface area contributed by atoms with Gasteiger partial charge in [0.05, 0.1) is 12.7 Å². The lowest BCUT2D eigenvalue weighted by Crippen LogP contribution is -2.21. The summed E-state index contributed by atoms with van der Waals surface area (Å²) in [6.07, 6.45) is -0.565. The smallest absolute Gasteiger partial charge is 0.166 e. The van der Waals surface area contributed by atoms with Gasteiger partial charge in [0.25, 0.3) is 0 Å². The number of hydrogen-bond acceptors (Lipinski definition) is 4. The molecule has 5 heteroatoms. The molecular formula is C24H26ClNO3. The maximum absolute atomic E-state index is 10.4. The molecule has 0 heterocycles. The van der Waals surface area contributed by atoms with Crippen molar-refractivity contribution < 1.29 is 14.6 Å². The molecule has 0 fully saturated rings. The number of aliphatic hydroxyl groups is 1. The van der Waals surface area contributed by atoms with Gasteiger partial charge in [0.15, 0.2) is 11.5 Å². The molecule has 0 aromatic heterocycles. The summed E-state index contributed by atoms with van der Waals surface area (Å²) in [5.41, 5.74) is 2.89. The molecule has 3 aromatic carbocycles. The van der Waals surface area contributed by atoms with Gasteiger partial charge in [-0.1, -0.05) is 66.2 Å². The molecule has 0 radical (unpaired) electrons. The first-order valence-corrected chi connectivity index (χ1v) is 10.1. The van der Waals surface area contributed by atoms with Crippen molar-refractivity contribution in [1.82, 2.24) is 5.32 Å². The maximum atomic E-state index is 10.4. The second kappa shape index (κ2) is 10.9. The van der Waals surface area contributed by atoms with E-state index in [-0.39, 0.29) is 0 Å². The molecule has 3 rings (SSSR count). The van der Waals surface area contributed by atoms with Crippen LogP contribution in [0, 0.1) is 0 Å². The molecule has 0 saturated carbocycles. The Morgan fingerprint density at radius 3 is 2.41 bits per heavy atom. The number of ether oxygens (including phenoxy) is 2. The summed E-state index contributed by atoms with van der Waals surface area (Å²) in [6, 6.07) is 23.1. The summed E-state index contributed by atoms with van der Waals surface area (Å²) in [5.74, 6) is 1.43. The summed E-state index contributed by atoms with van der Waals surface area (Å²) in [6.45, 7) is 3.92. The number of rotatable bonds is 10. The van der Waals surface area contributed by atoms with E-state index in [1.54, 1.807) is 0 Å². The molecule has 1 unspecified atom stereocenters. The van der Waals surface area contributed by atoms with Crippen LogP contribution in [0.3, 0.4) is 0 Å². The Kier molecular flexibility index (Phi) is 7.94. The predicted molar refractivity (Wildman–Crippen MR) is 117 cm³/mol. The van der Waals surface area contributed by atoms with Crippen LogP contribution in [0.5, 0.6) is 11.5 Å². The van der Waals surface area contributed by atoms with E-state index in [0.717, 1.165) is 16.7 Å². The molecule has 152 valence electrons. The third-order valence-corrected chi connectivity index (χ3v) is 4.75. The number of hydrogen-bond donors (Lipinski definition) is 2. The first-order valence-electron chi connectivity index (χ1n) is 9.73. The van der Waals surface area contributed by atoms with Gasteiger partial charge in [0.1, 0.15) is 6.61 Å². The van der Waals surface area contributed by atoms with Crippen LogP contribution in [0.1, 0.15) is 29.7 Å². The fourth-order valence-corrected chi connectivity index (χ4v) is 3.13. The Labute approximate surface area is 177 Å². The molecule has 0 spiro atoms. The Balaban J connectivity index is 1.66. The second-order valence-corrected chi connectivity index (χ2v) is 7.09. The fourth-order valence-electron chi connectivity index (χ4n) is 3.01. The SMILES string of the molecule is CCOc1cccc(CNCC(O)c2ccccc2)c1OCc1ccc(Cl)cc1. The maximum Gasteiger partial charge on any atom is 0.166 e. The monoisotopic (exact) mass is 411 g/mol. The van der Waals surface area contributed by atoms with Gasteiger partial charge in [-0.05, 0) is 36.2 Å². The minimum absolute atomic E-state index is 0.418. The first-order chi connectivity index (χ1) is 14.2. The quantitative estimate of drug-likeness (QED) is 0.485. The highest BCUT2D eigenvalue weighted by Gasteiger charge is 2.13. The molecule has 0 aliphatic rings. The minimum atomic E-state index is -0.565. The van der Waals surface area contributed by atoms with Crippen molar-refractivity contribution in [2.45, 2.75) is 26.2 Å². The number of para-hydroxylation sites is 1. The van der Waals surface area contributed by atoms with Gasteiger partial charge in [-0.25, -0.2) is 0 Å². The van der Waals surface area contributed by atoms with Gasteiger partial charge in [-0.2, -0.15) is 0 Å². The lowest BCUT2D eigenvalue weighted by atomic mass is 10.1. The molecule has 0 aliphatic heterocycles. The zero-order valence-electron chi connectivity index (χ0n) is 16.5. The minimum Gasteiger partial charge on any atom is -0.490 e. The van der Waals surface area contributed by atoms with Crippen molar-refractivity contribution >= 4 is 11.6 Å². The van der Waals surface area contributed by atoms with E-state index >= 15 is 0 Å². The van der Waals surface area contributed by atoms with E-state index < -0.39 is 6.10 Å². The average Bonchev–Trinajstić information content (AvgIpc) is 2.75. The van der Waals surface area contributed by atoms with Gasteiger partial charge >= 0.3 is 0 Å². The number of aliphatic hydroxyl groups excluding tert-OH is 1. The van der Waals surface area contributed by atoms with E-state index in [2.05, 4.69) is 5.32 Å². The largest absolute Gasteiger partial charge is 0.490 e. The molecule has 0 bridgehead atoms. The van der Waals surface area contributed by atoms with Gasteiger partial charge in [0.2, 0.25) is 0 Å². The van der Waals surface area contributed by atoms with E-state index in [1.807, 2.05) is 79.7 Å². The first kappa shape index (κ1) is 21.2. The molecule has 1 atom stereocenters. The number of halogens is 1. The van der Waals surface area contributed by atoms with Crippen LogP contribution >= 0.6 is 11.6 Å². The third kappa shape index (κ3) is 6.23. The van der Waals surface area contributed by atoms with E-state index in [9.17, 15) is 5.11 Å². The Morgan fingerprint density at radius 2 is 1.69 bits per heavy atom. The molecule has 29 heavy (non-hydrogen) atoms. The van der Waals surface area contributed by atoms with Gasteiger partial charge in [-0.15, -0.1) is 0 Å². The van der Waals surface area contributed by atoms with E-state index in [4.69, 9.17) is 21.1 Å².